The quantitative estimate of drug-likeness (QED) is 0.775. The monoisotopic (exact) mass is 313 g/mol. The Balaban J connectivity index is 2.27. The Hall–Kier alpha value is -1.26. The smallest absolute Gasteiger partial charge is 0.223 e. The van der Waals surface area contributed by atoms with Crippen molar-refractivity contribution in [1.82, 2.24) is 5.32 Å². The third-order valence-corrected chi connectivity index (χ3v) is 3.25. The van der Waals surface area contributed by atoms with E-state index in [1.54, 1.807) is 19.1 Å². The molecule has 4 nitrogen and oxygen atoms in total. The first-order valence-electron chi connectivity index (χ1n) is 7.16. The van der Waals surface area contributed by atoms with Gasteiger partial charge in [-0.25, -0.2) is 0 Å². The first-order chi connectivity index (χ1) is 9.80. The summed E-state index contributed by atoms with van der Waals surface area (Å²) in [5.74, 6) is 0.797. The number of hydrogen-bond donors (Lipinski definition) is 2. The Bertz CT molecular complexity index is 461. The predicted molar refractivity (Wildman–Crippen MR) is 84.7 cm³/mol. The van der Waals surface area contributed by atoms with Crippen molar-refractivity contribution in [3.8, 4) is 5.75 Å². The van der Waals surface area contributed by atoms with Gasteiger partial charge in [-0.15, -0.1) is 0 Å². The van der Waals surface area contributed by atoms with Gasteiger partial charge < -0.3 is 15.2 Å². The second-order valence-corrected chi connectivity index (χ2v) is 6.31. The Kier molecular flexibility index (Phi) is 6.99. The van der Waals surface area contributed by atoms with E-state index >= 15 is 0 Å². The summed E-state index contributed by atoms with van der Waals surface area (Å²) < 4.78 is 5.45. The van der Waals surface area contributed by atoms with Crippen molar-refractivity contribution in [3.63, 3.8) is 0 Å². The zero-order chi connectivity index (χ0) is 15.9. The third kappa shape index (κ3) is 7.34. The molecule has 21 heavy (non-hydrogen) atoms. The van der Waals surface area contributed by atoms with Crippen LogP contribution >= 0.6 is 11.6 Å². The topological polar surface area (TPSA) is 58.6 Å². The van der Waals surface area contributed by atoms with Crippen LogP contribution < -0.4 is 10.1 Å². The second-order valence-electron chi connectivity index (χ2n) is 5.90. The van der Waals surface area contributed by atoms with Crippen LogP contribution in [0.4, 0.5) is 0 Å². The Labute approximate surface area is 131 Å². The first-order valence-corrected chi connectivity index (χ1v) is 7.54. The lowest BCUT2D eigenvalue weighted by atomic mass is 9.94. The highest BCUT2D eigenvalue weighted by Crippen LogP contribution is 2.23. The number of aliphatic hydroxyl groups is 1. The molecule has 0 aromatic heterocycles. The van der Waals surface area contributed by atoms with Crippen LogP contribution in [0.1, 0.15) is 33.6 Å². The normalized spacial score (nSPS) is 13.8. The van der Waals surface area contributed by atoms with Crippen molar-refractivity contribution in [2.24, 2.45) is 5.92 Å². The molecule has 5 heteroatoms. The van der Waals surface area contributed by atoms with Gasteiger partial charge in [0.1, 0.15) is 5.75 Å². The van der Waals surface area contributed by atoms with Crippen molar-refractivity contribution in [2.45, 2.75) is 39.2 Å². The molecule has 1 unspecified atom stereocenters. The van der Waals surface area contributed by atoms with E-state index in [0.717, 1.165) is 0 Å². The number of hydrogen-bond acceptors (Lipinski definition) is 3. The molecular weight excluding hydrogens is 290 g/mol. The molecule has 0 aliphatic rings. The third-order valence-electron chi connectivity index (χ3n) is 2.94. The number of nitrogens with one attached hydrogen (secondary N) is 1. The molecule has 1 rings (SSSR count). The summed E-state index contributed by atoms with van der Waals surface area (Å²) in [6.07, 6.45) is 0.867. The van der Waals surface area contributed by atoms with Crippen LogP contribution in [0.5, 0.6) is 5.75 Å². The fourth-order valence-corrected chi connectivity index (χ4v) is 2.33. The molecule has 0 saturated heterocycles. The fraction of sp³-hybridized carbons (Fsp3) is 0.562. The van der Waals surface area contributed by atoms with Crippen LogP contribution in [0.3, 0.4) is 0 Å². The van der Waals surface area contributed by atoms with E-state index in [1.807, 2.05) is 26.0 Å². The Morgan fingerprint density at radius 2 is 2.10 bits per heavy atom. The van der Waals surface area contributed by atoms with Gasteiger partial charge >= 0.3 is 0 Å². The van der Waals surface area contributed by atoms with Crippen LogP contribution in [0.2, 0.25) is 5.02 Å². The van der Waals surface area contributed by atoms with Gasteiger partial charge in [0.2, 0.25) is 5.91 Å². The van der Waals surface area contributed by atoms with Gasteiger partial charge in [0.05, 0.1) is 23.7 Å². The van der Waals surface area contributed by atoms with Crippen LogP contribution in [0, 0.1) is 5.92 Å². The van der Waals surface area contributed by atoms with Crippen LogP contribution in [0.15, 0.2) is 24.3 Å². The number of carbonyl (C=O) groups excluding carboxylic acids is 1. The maximum atomic E-state index is 11.7. The molecule has 0 spiro atoms. The molecule has 1 atom stereocenters. The van der Waals surface area contributed by atoms with E-state index < -0.39 is 5.60 Å². The maximum absolute atomic E-state index is 11.7. The number of halogens is 1. The van der Waals surface area contributed by atoms with Crippen LogP contribution in [0.25, 0.3) is 0 Å². The SMILES string of the molecule is CC(C)CC(C)(O)CNC(=O)CCOc1ccccc1Cl. The highest BCUT2D eigenvalue weighted by Gasteiger charge is 2.22. The molecule has 1 amide bonds. The first kappa shape index (κ1) is 17.8. The zero-order valence-electron chi connectivity index (χ0n) is 12.9. The van der Waals surface area contributed by atoms with E-state index in [1.165, 1.54) is 0 Å². The molecule has 0 fully saturated rings. The molecule has 1 aromatic rings. The number of carbonyl (C=O) groups is 1. The van der Waals surface area contributed by atoms with Gasteiger partial charge in [-0.05, 0) is 31.4 Å². The summed E-state index contributed by atoms with van der Waals surface area (Å²) in [4.78, 5) is 11.7. The maximum Gasteiger partial charge on any atom is 0.223 e. The van der Waals surface area contributed by atoms with Crippen molar-refractivity contribution >= 4 is 17.5 Å². The molecule has 0 saturated carbocycles. The second kappa shape index (κ2) is 8.25. The molecule has 0 bridgehead atoms. The van der Waals surface area contributed by atoms with Gasteiger partial charge in [-0.1, -0.05) is 37.6 Å². The summed E-state index contributed by atoms with van der Waals surface area (Å²) in [7, 11) is 0. The van der Waals surface area contributed by atoms with Crippen LogP contribution in [-0.2, 0) is 4.79 Å². The molecular formula is C16H24ClNO3. The molecule has 2 N–H and O–H groups in total. The summed E-state index contributed by atoms with van der Waals surface area (Å²) in [6, 6.07) is 7.14. The van der Waals surface area contributed by atoms with Gasteiger partial charge in [0, 0.05) is 6.54 Å². The van der Waals surface area contributed by atoms with Crippen molar-refractivity contribution in [2.75, 3.05) is 13.2 Å². The molecule has 0 heterocycles. The lowest BCUT2D eigenvalue weighted by Gasteiger charge is -2.25. The standard InChI is InChI=1S/C16H24ClNO3/c1-12(2)10-16(3,20)11-18-15(19)8-9-21-14-7-5-4-6-13(14)17/h4-7,12,20H,8-11H2,1-3H3,(H,18,19). The van der Waals surface area contributed by atoms with Gasteiger partial charge in [0.25, 0.3) is 0 Å². The lowest BCUT2D eigenvalue weighted by Crippen LogP contribution is -2.41. The van der Waals surface area contributed by atoms with Crippen molar-refractivity contribution in [1.29, 1.82) is 0 Å². The van der Waals surface area contributed by atoms with E-state index in [0.29, 0.717) is 23.1 Å². The number of benzene rings is 1. The number of para-hydroxylation sites is 1. The highest BCUT2D eigenvalue weighted by molar-refractivity contribution is 6.32. The number of ether oxygens (including phenoxy) is 1. The molecule has 1 aromatic carbocycles. The number of rotatable bonds is 8. The average Bonchev–Trinajstić information content (AvgIpc) is 2.37. The average molecular weight is 314 g/mol. The summed E-state index contributed by atoms with van der Waals surface area (Å²) in [6.45, 7) is 6.30. The lowest BCUT2D eigenvalue weighted by molar-refractivity contribution is -0.122. The van der Waals surface area contributed by atoms with E-state index in [4.69, 9.17) is 16.3 Å². The van der Waals surface area contributed by atoms with Crippen molar-refractivity contribution in [3.05, 3.63) is 29.3 Å². The summed E-state index contributed by atoms with van der Waals surface area (Å²) >= 11 is 5.95. The zero-order valence-corrected chi connectivity index (χ0v) is 13.6. The largest absolute Gasteiger partial charge is 0.491 e. The Morgan fingerprint density at radius 1 is 1.43 bits per heavy atom. The van der Waals surface area contributed by atoms with E-state index in [-0.39, 0.29) is 25.5 Å². The summed E-state index contributed by atoms with van der Waals surface area (Å²) in [5.41, 5.74) is -0.882. The van der Waals surface area contributed by atoms with E-state index in [9.17, 15) is 9.90 Å². The fourth-order valence-electron chi connectivity index (χ4n) is 2.14. The minimum atomic E-state index is -0.882. The molecule has 0 aliphatic heterocycles. The highest BCUT2D eigenvalue weighted by atomic mass is 35.5. The summed E-state index contributed by atoms with van der Waals surface area (Å²) in [5, 5.41) is 13.4. The van der Waals surface area contributed by atoms with Gasteiger partial charge in [-0.2, -0.15) is 0 Å². The Morgan fingerprint density at radius 3 is 2.71 bits per heavy atom. The van der Waals surface area contributed by atoms with Gasteiger partial charge in [-0.3, -0.25) is 4.79 Å². The minimum absolute atomic E-state index is 0.147. The van der Waals surface area contributed by atoms with Gasteiger partial charge in [0.15, 0.2) is 0 Å². The molecule has 118 valence electrons. The molecule has 0 aliphatic carbocycles. The number of amides is 1. The molecule has 0 radical (unpaired) electrons. The van der Waals surface area contributed by atoms with E-state index in [2.05, 4.69) is 5.32 Å². The minimum Gasteiger partial charge on any atom is -0.491 e. The van der Waals surface area contributed by atoms with Crippen LogP contribution in [-0.4, -0.2) is 29.8 Å². The predicted octanol–water partition coefficient (Wildman–Crippen LogP) is 3.02. The van der Waals surface area contributed by atoms with Crippen molar-refractivity contribution < 1.29 is 14.6 Å².